The Bertz CT molecular complexity index is 3090. The molecule has 0 N–H and O–H groups in total. The van der Waals surface area contributed by atoms with Crippen LogP contribution < -0.4 is 9.64 Å². The summed E-state index contributed by atoms with van der Waals surface area (Å²) in [6.45, 7) is 0.982. The van der Waals surface area contributed by atoms with Gasteiger partial charge in [0.25, 0.3) is 0 Å². The highest BCUT2D eigenvalue weighted by Crippen LogP contribution is 2.67. The van der Waals surface area contributed by atoms with Crippen molar-refractivity contribution in [2.24, 2.45) is 0 Å². The van der Waals surface area contributed by atoms with Crippen LogP contribution in [0.25, 0.3) is 51.3 Å². The van der Waals surface area contributed by atoms with Crippen molar-refractivity contribution >= 4 is 40.4 Å². The molecule has 8 aromatic rings. The van der Waals surface area contributed by atoms with Gasteiger partial charge in [-0.2, -0.15) is 0 Å². The number of fused-ring (bicyclic) bond motifs is 13. The molecule has 8 aromatic carbocycles. The van der Waals surface area contributed by atoms with Crippen LogP contribution in [0.15, 0.2) is 182 Å². The number of benzene rings is 8. The second kappa shape index (κ2) is 11.7. The summed E-state index contributed by atoms with van der Waals surface area (Å²) in [5, 5.41) is 2.34. The maximum Gasteiger partial charge on any atom is 0.178 e. The van der Waals surface area contributed by atoms with Gasteiger partial charge in [-0.1, -0.05) is 176 Å². The standard InChI is InChI=1S/C56H37NO/c1-2-19-39(20-3-1)55(40-28-30-41(31-29-40)57-35-33-36-14-6-11-27-49(36)57)34-32-45-53-52(42-21-7-8-22-43(42)54(45)58-55)44-23-9-10-24-46(44)56(53)47-25-12-17-37-15-4-5-16-38-18-13-26-48(56)51(38)50(37)47/h1-32,34H,33,35H2/b5-4?,15-4-,16-5-,37-15?,38-16?. The first kappa shape index (κ1) is 32.0. The molecule has 1 spiro atoms. The Hall–Kier alpha value is -7.16. The van der Waals surface area contributed by atoms with Gasteiger partial charge in [-0.05, 0) is 97.3 Å². The molecular formula is C56H37NO. The van der Waals surface area contributed by atoms with E-state index in [1.807, 2.05) is 0 Å². The lowest BCUT2D eigenvalue weighted by molar-refractivity contribution is 0.163. The second-order valence-corrected chi connectivity index (χ2v) is 16.2. The quantitative estimate of drug-likeness (QED) is 0.179. The molecule has 0 amide bonds. The fourth-order valence-electron chi connectivity index (χ4n) is 11.2. The van der Waals surface area contributed by atoms with Crippen LogP contribution in [-0.4, -0.2) is 6.54 Å². The zero-order valence-electron chi connectivity index (χ0n) is 31.8. The normalized spacial score (nSPS) is 19.1. The van der Waals surface area contributed by atoms with E-state index in [4.69, 9.17) is 4.74 Å². The predicted octanol–water partition coefficient (Wildman–Crippen LogP) is 13.3. The number of ether oxygens (including phenoxy) is 1. The molecule has 2 heterocycles. The molecular weight excluding hydrogens is 703 g/mol. The van der Waals surface area contributed by atoms with E-state index in [0.717, 1.165) is 40.8 Å². The number of allylic oxidation sites excluding steroid dienone is 2. The summed E-state index contributed by atoms with van der Waals surface area (Å²) in [6, 6.07) is 60.5. The summed E-state index contributed by atoms with van der Waals surface area (Å²) >= 11 is 0. The Morgan fingerprint density at radius 2 is 1.14 bits per heavy atom. The van der Waals surface area contributed by atoms with E-state index in [-0.39, 0.29) is 0 Å². The molecule has 2 heteroatoms. The molecule has 0 radical (unpaired) electrons. The predicted molar refractivity (Wildman–Crippen MR) is 239 cm³/mol. The molecule has 0 saturated heterocycles. The number of nitrogens with zero attached hydrogens (tertiary/aromatic N) is 1. The van der Waals surface area contributed by atoms with Crippen molar-refractivity contribution in [1.29, 1.82) is 0 Å². The number of anilines is 2. The Balaban J connectivity index is 1.09. The van der Waals surface area contributed by atoms with Gasteiger partial charge < -0.3 is 9.64 Å². The number of hydrogen-bond donors (Lipinski definition) is 0. The highest BCUT2D eigenvalue weighted by Gasteiger charge is 2.55. The summed E-state index contributed by atoms with van der Waals surface area (Å²) in [6.07, 6.45) is 14.7. The molecule has 1 unspecified atom stereocenters. The lowest BCUT2D eigenvalue weighted by Gasteiger charge is -2.39. The SMILES string of the molecule is C1=CC(c2ccccc2)(c2ccc(N3CCc4ccccc43)cc2)Oc2c1c1c(c3ccccc23)-c2ccccc2C12c1cccc3c1-c1c(cccc12)/C=C\C=C/3. The molecule has 0 bridgehead atoms. The van der Waals surface area contributed by atoms with E-state index in [2.05, 4.69) is 205 Å². The highest BCUT2D eigenvalue weighted by atomic mass is 16.5. The van der Waals surface area contributed by atoms with Crippen molar-refractivity contribution in [3.63, 3.8) is 0 Å². The van der Waals surface area contributed by atoms with Crippen LogP contribution in [0.4, 0.5) is 11.4 Å². The van der Waals surface area contributed by atoms with Crippen LogP contribution in [0.1, 0.15) is 55.6 Å². The van der Waals surface area contributed by atoms with Crippen molar-refractivity contribution in [1.82, 2.24) is 0 Å². The maximum atomic E-state index is 7.81. The summed E-state index contributed by atoms with van der Waals surface area (Å²) < 4.78 is 7.81. The molecule has 5 aliphatic rings. The third-order valence-electron chi connectivity index (χ3n) is 13.5. The van der Waals surface area contributed by atoms with Crippen LogP contribution in [0, 0.1) is 0 Å². The second-order valence-electron chi connectivity index (χ2n) is 16.2. The molecule has 0 fully saturated rings. The summed E-state index contributed by atoms with van der Waals surface area (Å²) in [5.74, 6) is 0.928. The van der Waals surface area contributed by atoms with Gasteiger partial charge in [0.1, 0.15) is 5.75 Å². The van der Waals surface area contributed by atoms with Gasteiger partial charge in [-0.25, -0.2) is 0 Å². The van der Waals surface area contributed by atoms with Crippen molar-refractivity contribution in [3.05, 3.63) is 238 Å². The van der Waals surface area contributed by atoms with Crippen molar-refractivity contribution in [2.45, 2.75) is 17.4 Å². The molecule has 2 nitrogen and oxygen atoms in total. The van der Waals surface area contributed by atoms with Crippen molar-refractivity contribution < 1.29 is 4.74 Å². The number of rotatable bonds is 3. The maximum absolute atomic E-state index is 7.81. The highest BCUT2D eigenvalue weighted by molar-refractivity contribution is 6.12. The minimum Gasteiger partial charge on any atom is -0.472 e. The van der Waals surface area contributed by atoms with E-state index in [0.29, 0.717) is 0 Å². The lowest BCUT2D eigenvalue weighted by atomic mass is 9.68. The molecule has 13 rings (SSSR count). The molecule has 0 saturated carbocycles. The topological polar surface area (TPSA) is 12.5 Å². The molecule has 1 atom stereocenters. The van der Waals surface area contributed by atoms with Gasteiger partial charge in [0.05, 0.1) is 5.41 Å². The van der Waals surface area contributed by atoms with E-state index in [1.54, 1.807) is 0 Å². The fraction of sp³-hybridized carbons (Fsp3) is 0.0714. The smallest absolute Gasteiger partial charge is 0.178 e. The average molecular weight is 740 g/mol. The van der Waals surface area contributed by atoms with E-state index >= 15 is 0 Å². The number of para-hydroxylation sites is 1. The Kier molecular flexibility index (Phi) is 6.45. The van der Waals surface area contributed by atoms with Crippen molar-refractivity contribution in [2.75, 3.05) is 11.4 Å². The van der Waals surface area contributed by atoms with Gasteiger partial charge in [-0.3, -0.25) is 0 Å². The molecule has 3 aliphatic carbocycles. The number of hydrogen-bond acceptors (Lipinski definition) is 2. The molecule has 2 aliphatic heterocycles. The average Bonchev–Trinajstić information content (AvgIpc) is 3.95. The zero-order chi connectivity index (χ0) is 38.0. The van der Waals surface area contributed by atoms with Crippen LogP contribution in [0.3, 0.4) is 0 Å². The lowest BCUT2D eigenvalue weighted by Crippen LogP contribution is -2.35. The van der Waals surface area contributed by atoms with Crippen molar-refractivity contribution in [3.8, 4) is 28.0 Å². The van der Waals surface area contributed by atoms with Crippen LogP contribution in [0.2, 0.25) is 0 Å². The Labute approximate surface area is 338 Å². The third-order valence-corrected chi connectivity index (χ3v) is 13.5. The molecule has 58 heavy (non-hydrogen) atoms. The zero-order valence-corrected chi connectivity index (χ0v) is 31.8. The molecule has 272 valence electrons. The Morgan fingerprint density at radius 1 is 0.500 bits per heavy atom. The Morgan fingerprint density at radius 3 is 1.91 bits per heavy atom. The minimum absolute atomic E-state index is 0.545. The summed E-state index contributed by atoms with van der Waals surface area (Å²) in [4.78, 5) is 2.44. The minimum atomic E-state index is -0.856. The van der Waals surface area contributed by atoms with Gasteiger partial charge in [0, 0.05) is 40.0 Å². The largest absolute Gasteiger partial charge is 0.472 e. The van der Waals surface area contributed by atoms with Crippen LogP contribution in [-0.2, 0) is 17.4 Å². The monoisotopic (exact) mass is 739 g/mol. The van der Waals surface area contributed by atoms with Crippen LogP contribution >= 0.6 is 0 Å². The summed E-state index contributed by atoms with van der Waals surface area (Å²) in [5.41, 5.74) is 18.9. The first-order chi connectivity index (χ1) is 28.8. The van der Waals surface area contributed by atoms with Gasteiger partial charge >= 0.3 is 0 Å². The van der Waals surface area contributed by atoms with E-state index in [1.165, 1.54) is 78.0 Å². The van der Waals surface area contributed by atoms with Gasteiger partial charge in [0.15, 0.2) is 5.60 Å². The molecule has 0 aromatic heterocycles. The van der Waals surface area contributed by atoms with Gasteiger partial charge in [0.2, 0.25) is 0 Å². The fourth-order valence-corrected chi connectivity index (χ4v) is 11.2. The summed E-state index contributed by atoms with van der Waals surface area (Å²) in [7, 11) is 0. The third kappa shape index (κ3) is 4.02. The first-order valence-electron chi connectivity index (χ1n) is 20.5. The van der Waals surface area contributed by atoms with Crippen LogP contribution in [0.5, 0.6) is 5.75 Å². The van der Waals surface area contributed by atoms with E-state index in [9.17, 15) is 0 Å². The van der Waals surface area contributed by atoms with Gasteiger partial charge in [-0.15, -0.1) is 0 Å². The van der Waals surface area contributed by atoms with E-state index < -0.39 is 11.0 Å². The first-order valence-corrected chi connectivity index (χ1v) is 20.5.